The zero-order valence-electron chi connectivity index (χ0n) is 13.3. The van der Waals surface area contributed by atoms with E-state index in [-0.39, 0.29) is 18.1 Å². The van der Waals surface area contributed by atoms with Gasteiger partial charge in [0.25, 0.3) is 5.91 Å². The highest BCUT2D eigenvalue weighted by Crippen LogP contribution is 2.22. The molecule has 1 aromatic heterocycles. The lowest BCUT2D eigenvalue weighted by Crippen LogP contribution is -2.46. The molecule has 2 heterocycles. The maximum absolute atomic E-state index is 12.8. The minimum atomic E-state index is 0.0696. The van der Waals surface area contributed by atoms with Gasteiger partial charge in [-0.15, -0.1) is 0 Å². The van der Waals surface area contributed by atoms with Crippen molar-refractivity contribution in [2.75, 3.05) is 13.7 Å². The van der Waals surface area contributed by atoms with Crippen LogP contribution in [0, 0.1) is 0 Å². The van der Waals surface area contributed by atoms with Crippen LogP contribution in [-0.4, -0.2) is 46.4 Å². The van der Waals surface area contributed by atoms with Crippen LogP contribution >= 0.6 is 15.9 Å². The van der Waals surface area contributed by atoms with Gasteiger partial charge in [0, 0.05) is 31.5 Å². The van der Waals surface area contributed by atoms with E-state index in [0.717, 1.165) is 29.5 Å². The van der Waals surface area contributed by atoms with Crippen LogP contribution in [0.5, 0.6) is 0 Å². The van der Waals surface area contributed by atoms with Gasteiger partial charge in [0.2, 0.25) is 0 Å². The van der Waals surface area contributed by atoms with Crippen molar-refractivity contribution in [2.45, 2.75) is 31.9 Å². The summed E-state index contributed by atoms with van der Waals surface area (Å²) in [7, 11) is 1.74. The zero-order chi connectivity index (χ0) is 16.4. The third kappa shape index (κ3) is 3.48. The highest BCUT2D eigenvalue weighted by Gasteiger charge is 2.29. The summed E-state index contributed by atoms with van der Waals surface area (Å²) < 4.78 is 8.08. The number of benzene rings is 1. The molecule has 0 saturated carbocycles. The Kier molecular flexibility index (Phi) is 4.82. The van der Waals surface area contributed by atoms with Gasteiger partial charge < -0.3 is 9.64 Å². The predicted octanol–water partition coefficient (Wildman–Crippen LogP) is 3.27. The molecular weight excluding hydrogens is 358 g/mol. The molecule has 122 valence electrons. The van der Waals surface area contributed by atoms with E-state index in [4.69, 9.17) is 4.74 Å². The number of amides is 1. The average Bonchev–Trinajstić information content (AvgIpc) is 3.01. The van der Waals surface area contributed by atoms with Crippen molar-refractivity contribution in [1.82, 2.24) is 14.7 Å². The Morgan fingerprint density at radius 1 is 1.43 bits per heavy atom. The Labute approximate surface area is 144 Å². The molecule has 0 bridgehead atoms. The Balaban J connectivity index is 1.80. The summed E-state index contributed by atoms with van der Waals surface area (Å²) in [5, 5.41) is 4.26. The molecule has 0 aliphatic carbocycles. The maximum Gasteiger partial charge on any atom is 0.254 e. The van der Waals surface area contributed by atoms with Crippen molar-refractivity contribution in [3.05, 3.63) is 46.7 Å². The maximum atomic E-state index is 12.8. The van der Waals surface area contributed by atoms with Crippen molar-refractivity contribution in [3.8, 4) is 5.69 Å². The lowest BCUT2D eigenvalue weighted by atomic mass is 9.99. The quantitative estimate of drug-likeness (QED) is 0.824. The van der Waals surface area contributed by atoms with Crippen LogP contribution < -0.4 is 0 Å². The van der Waals surface area contributed by atoms with Gasteiger partial charge in [0.05, 0.1) is 22.5 Å². The first-order chi connectivity index (χ1) is 11.1. The van der Waals surface area contributed by atoms with Gasteiger partial charge in [-0.2, -0.15) is 5.10 Å². The smallest absolute Gasteiger partial charge is 0.254 e. The topological polar surface area (TPSA) is 47.4 Å². The standard InChI is InChI=1S/C17H20BrN3O2/c1-12-8-16(23-2)6-7-20(12)17(22)13-4-3-5-15(9-13)21-11-14(18)10-19-21/h3-5,9-12,16H,6-8H2,1-2H3. The number of hydrogen-bond acceptors (Lipinski definition) is 3. The van der Waals surface area contributed by atoms with E-state index >= 15 is 0 Å². The molecular formula is C17H20BrN3O2. The molecule has 0 N–H and O–H groups in total. The molecule has 3 rings (SSSR count). The van der Waals surface area contributed by atoms with Gasteiger partial charge in [0.15, 0.2) is 0 Å². The predicted molar refractivity (Wildman–Crippen MR) is 91.8 cm³/mol. The number of carbonyl (C=O) groups excluding carboxylic acids is 1. The van der Waals surface area contributed by atoms with Crippen LogP contribution in [-0.2, 0) is 4.74 Å². The minimum absolute atomic E-state index is 0.0696. The van der Waals surface area contributed by atoms with E-state index in [9.17, 15) is 4.79 Å². The van der Waals surface area contributed by atoms with Crippen LogP contribution in [0.15, 0.2) is 41.1 Å². The molecule has 1 fully saturated rings. The minimum Gasteiger partial charge on any atom is -0.381 e. The first-order valence-corrected chi connectivity index (χ1v) is 8.52. The molecule has 23 heavy (non-hydrogen) atoms. The van der Waals surface area contributed by atoms with Crippen LogP contribution in [0.25, 0.3) is 5.69 Å². The van der Waals surface area contributed by atoms with Crippen molar-refractivity contribution in [2.24, 2.45) is 0 Å². The molecule has 2 atom stereocenters. The number of piperidine rings is 1. The number of hydrogen-bond donors (Lipinski definition) is 0. The number of nitrogens with zero attached hydrogens (tertiary/aromatic N) is 3. The fourth-order valence-electron chi connectivity index (χ4n) is 3.03. The third-order valence-electron chi connectivity index (χ3n) is 4.33. The van der Waals surface area contributed by atoms with E-state index in [1.807, 2.05) is 35.4 Å². The molecule has 1 aliphatic rings. The molecule has 2 unspecified atom stereocenters. The van der Waals surface area contributed by atoms with Gasteiger partial charge in [-0.05, 0) is 53.9 Å². The van der Waals surface area contributed by atoms with Crippen molar-refractivity contribution < 1.29 is 9.53 Å². The second-order valence-electron chi connectivity index (χ2n) is 5.88. The van der Waals surface area contributed by atoms with E-state index in [2.05, 4.69) is 28.0 Å². The highest BCUT2D eigenvalue weighted by molar-refractivity contribution is 9.10. The highest BCUT2D eigenvalue weighted by atomic mass is 79.9. The van der Waals surface area contributed by atoms with Crippen LogP contribution in [0.2, 0.25) is 0 Å². The Morgan fingerprint density at radius 3 is 2.91 bits per heavy atom. The molecule has 1 aliphatic heterocycles. The van der Waals surface area contributed by atoms with E-state index in [1.54, 1.807) is 18.0 Å². The Hall–Kier alpha value is -1.66. The number of carbonyl (C=O) groups is 1. The van der Waals surface area contributed by atoms with Crippen LogP contribution in [0.1, 0.15) is 30.1 Å². The third-order valence-corrected chi connectivity index (χ3v) is 4.74. The number of methoxy groups -OCH3 is 1. The number of ether oxygens (including phenoxy) is 1. The largest absolute Gasteiger partial charge is 0.381 e. The summed E-state index contributed by atoms with van der Waals surface area (Å²) >= 11 is 3.39. The number of likely N-dealkylation sites (tertiary alicyclic amines) is 1. The number of aromatic nitrogens is 2. The molecule has 6 heteroatoms. The lowest BCUT2D eigenvalue weighted by molar-refractivity contribution is 0.0160. The first-order valence-electron chi connectivity index (χ1n) is 7.73. The second-order valence-corrected chi connectivity index (χ2v) is 6.80. The fourth-order valence-corrected chi connectivity index (χ4v) is 3.32. The molecule has 1 saturated heterocycles. The van der Waals surface area contributed by atoms with Gasteiger partial charge in [-0.25, -0.2) is 4.68 Å². The normalized spacial score (nSPS) is 21.4. The van der Waals surface area contributed by atoms with Crippen molar-refractivity contribution >= 4 is 21.8 Å². The summed E-state index contributed by atoms with van der Waals surface area (Å²) in [5.41, 5.74) is 1.57. The lowest BCUT2D eigenvalue weighted by Gasteiger charge is -2.37. The molecule has 0 spiro atoms. The fraction of sp³-hybridized carbons (Fsp3) is 0.412. The summed E-state index contributed by atoms with van der Waals surface area (Å²) in [6.07, 6.45) is 5.62. The molecule has 0 radical (unpaired) electrons. The molecule has 5 nitrogen and oxygen atoms in total. The Morgan fingerprint density at radius 2 is 2.26 bits per heavy atom. The number of halogens is 1. The van der Waals surface area contributed by atoms with Crippen LogP contribution in [0.3, 0.4) is 0 Å². The molecule has 1 aromatic carbocycles. The van der Waals surface area contributed by atoms with E-state index < -0.39 is 0 Å². The zero-order valence-corrected chi connectivity index (χ0v) is 14.9. The second kappa shape index (κ2) is 6.84. The summed E-state index contributed by atoms with van der Waals surface area (Å²) in [6, 6.07) is 7.77. The Bertz CT molecular complexity index is 701. The summed E-state index contributed by atoms with van der Waals surface area (Å²) in [5.74, 6) is 0.0696. The van der Waals surface area contributed by atoms with Crippen molar-refractivity contribution in [3.63, 3.8) is 0 Å². The number of rotatable bonds is 3. The van der Waals surface area contributed by atoms with Crippen molar-refractivity contribution in [1.29, 1.82) is 0 Å². The van der Waals surface area contributed by atoms with Gasteiger partial charge in [-0.3, -0.25) is 4.79 Å². The van der Waals surface area contributed by atoms with E-state index in [1.165, 1.54) is 0 Å². The first kappa shape index (κ1) is 16.2. The monoisotopic (exact) mass is 377 g/mol. The average molecular weight is 378 g/mol. The van der Waals surface area contributed by atoms with Gasteiger partial charge >= 0.3 is 0 Å². The van der Waals surface area contributed by atoms with E-state index in [0.29, 0.717) is 5.56 Å². The van der Waals surface area contributed by atoms with Gasteiger partial charge in [-0.1, -0.05) is 6.07 Å². The summed E-state index contributed by atoms with van der Waals surface area (Å²) in [4.78, 5) is 14.8. The summed E-state index contributed by atoms with van der Waals surface area (Å²) in [6.45, 7) is 2.81. The molecule has 1 amide bonds. The SMILES string of the molecule is COC1CCN(C(=O)c2cccc(-n3cc(Br)cn3)c2)C(C)C1. The van der Waals surface area contributed by atoms with Gasteiger partial charge in [0.1, 0.15) is 0 Å². The van der Waals surface area contributed by atoms with Crippen LogP contribution in [0.4, 0.5) is 0 Å². The molecule has 2 aromatic rings.